The minimum Gasteiger partial charge on any atom is -0.395 e. The zero-order valence-electron chi connectivity index (χ0n) is 11.0. The van der Waals surface area contributed by atoms with Gasteiger partial charge in [0.25, 0.3) is 0 Å². The molecule has 0 amide bonds. The Balaban J connectivity index is -0.0000000180. The standard InChI is InChI=1S/C7H15NO4.10W/c1-8-2-5(10)7(12)6(11)4(8)3-9;;;;;;;;;;/h4-7,9-12H,2-3H2,1H3;;;;;;;;;;. The Labute approximate surface area is 275 Å². The summed E-state index contributed by atoms with van der Waals surface area (Å²) in [7, 11) is 1.68. The molecule has 1 saturated heterocycles. The molecule has 4 atom stereocenters. The Morgan fingerprint density at radius 2 is 1.05 bits per heavy atom. The summed E-state index contributed by atoms with van der Waals surface area (Å²) in [5.41, 5.74) is 0. The number of nitrogens with zero attached hydrogens (tertiary/aromatic N) is 1. The largest absolute Gasteiger partial charge is 0.395 e. The molecule has 1 fully saturated rings. The van der Waals surface area contributed by atoms with Crippen LogP contribution in [-0.4, -0.2) is 69.9 Å². The van der Waals surface area contributed by atoms with Gasteiger partial charge in [-0.1, -0.05) is 0 Å². The van der Waals surface area contributed by atoms with Crippen molar-refractivity contribution in [3.63, 3.8) is 0 Å². The number of hydrogen-bond donors (Lipinski definition) is 4. The Bertz CT molecular complexity index is 176. The van der Waals surface area contributed by atoms with Crippen molar-refractivity contribution in [1.29, 1.82) is 0 Å². The second-order valence-electron chi connectivity index (χ2n) is 3.24. The average molecular weight is 2020 g/mol. The van der Waals surface area contributed by atoms with Gasteiger partial charge in [0.05, 0.1) is 18.8 Å². The van der Waals surface area contributed by atoms with Crippen molar-refractivity contribution in [2.45, 2.75) is 24.4 Å². The average Bonchev–Trinajstić information content (AvgIpc) is 2.01. The molecule has 1 rings (SSSR count). The smallest absolute Gasteiger partial charge is 0.109 e. The molecule has 0 saturated carbocycles. The van der Waals surface area contributed by atoms with Crippen LogP contribution in [0.2, 0.25) is 0 Å². The summed E-state index contributed by atoms with van der Waals surface area (Å²) in [5.74, 6) is 0. The van der Waals surface area contributed by atoms with E-state index in [1.807, 2.05) is 0 Å². The maximum absolute atomic E-state index is 9.37. The maximum Gasteiger partial charge on any atom is 0.109 e. The zero-order valence-corrected chi connectivity index (χ0v) is 40.4. The van der Waals surface area contributed by atoms with Gasteiger partial charge in [-0.3, -0.25) is 4.90 Å². The van der Waals surface area contributed by atoms with Crippen LogP contribution in [-0.2, 0) is 211 Å². The molecule has 0 aromatic heterocycles. The molecule has 1 aliphatic heterocycles. The number of aliphatic hydroxyl groups is 4. The number of likely N-dealkylation sites (N-methyl/N-ethyl adjacent to an activating group) is 1. The second kappa shape index (κ2) is 35.1. The number of β-amino-alcohol motifs (C(OH)–C–C–N with tert-alkyl or cyclic N) is 1. The minimum atomic E-state index is -1.15. The van der Waals surface area contributed by atoms with Crippen LogP contribution in [0.25, 0.3) is 0 Å². The molecule has 15 heteroatoms. The van der Waals surface area contributed by atoms with Gasteiger partial charge in [-0.2, -0.15) is 0 Å². The number of hydrogen-bond acceptors (Lipinski definition) is 5. The number of aliphatic hydroxyl groups excluding tert-OH is 4. The summed E-state index contributed by atoms with van der Waals surface area (Å²) in [6.45, 7) is 0.0465. The topological polar surface area (TPSA) is 84.2 Å². The molecular formula is C7H15NO4W10. The molecule has 4 N–H and O–H groups in total. The maximum atomic E-state index is 9.37. The van der Waals surface area contributed by atoms with Crippen LogP contribution in [0.3, 0.4) is 0 Å². The van der Waals surface area contributed by atoms with Gasteiger partial charge in [-0.25, -0.2) is 0 Å². The van der Waals surface area contributed by atoms with E-state index in [2.05, 4.69) is 0 Å². The molecule has 1 aliphatic rings. The molecule has 0 radical (unpaired) electrons. The fourth-order valence-corrected chi connectivity index (χ4v) is 1.50. The van der Waals surface area contributed by atoms with Crippen LogP contribution in [0.15, 0.2) is 0 Å². The summed E-state index contributed by atoms with van der Waals surface area (Å²) in [6, 6.07) is -0.483. The van der Waals surface area contributed by atoms with Crippen LogP contribution in [0, 0.1) is 0 Å². The Morgan fingerprint density at radius 1 is 0.727 bits per heavy atom. The van der Waals surface area contributed by atoms with Crippen LogP contribution in [0.1, 0.15) is 0 Å². The monoisotopic (exact) mass is 2020 g/mol. The van der Waals surface area contributed by atoms with E-state index in [-0.39, 0.29) is 224 Å². The van der Waals surface area contributed by atoms with Crippen molar-refractivity contribution >= 4 is 0 Å². The molecule has 0 aromatic carbocycles. The van der Waals surface area contributed by atoms with Gasteiger partial charge in [-0.15, -0.1) is 0 Å². The summed E-state index contributed by atoms with van der Waals surface area (Å²) in [6.07, 6.45) is -3.17. The fraction of sp³-hybridized carbons (Fsp3) is 1.00. The molecule has 0 aromatic rings. The summed E-state index contributed by atoms with van der Waals surface area (Å²) >= 11 is 0. The SMILES string of the molecule is CN1CC(O)C(O)C(O)C1CO.[W].[W].[W].[W].[W].[W].[W].[W].[W].[W]. The third-order valence-electron chi connectivity index (χ3n) is 2.37. The summed E-state index contributed by atoms with van der Waals surface area (Å²) in [5, 5.41) is 36.6. The predicted octanol–water partition coefficient (Wildman–Crippen LogP) is -2.65. The molecule has 0 bridgehead atoms. The van der Waals surface area contributed by atoms with Crippen molar-refractivity contribution in [3.05, 3.63) is 0 Å². The van der Waals surface area contributed by atoms with Crippen molar-refractivity contribution in [1.82, 2.24) is 4.90 Å². The third-order valence-corrected chi connectivity index (χ3v) is 2.37. The van der Waals surface area contributed by atoms with Crippen molar-refractivity contribution < 1.29 is 231 Å². The van der Waals surface area contributed by atoms with E-state index in [4.69, 9.17) is 5.11 Å². The summed E-state index contributed by atoms with van der Waals surface area (Å²) in [4.78, 5) is 1.63. The molecule has 0 spiro atoms. The number of piperidine rings is 1. The van der Waals surface area contributed by atoms with Crippen LogP contribution in [0.4, 0.5) is 0 Å². The quantitative estimate of drug-likeness (QED) is 0.231. The molecule has 0 aliphatic carbocycles. The van der Waals surface area contributed by atoms with Gasteiger partial charge in [-0.05, 0) is 7.05 Å². The van der Waals surface area contributed by atoms with Crippen LogP contribution in [0.5, 0.6) is 0 Å². The molecular weight excluding hydrogens is 2000 g/mol. The van der Waals surface area contributed by atoms with E-state index in [0.29, 0.717) is 0 Å². The van der Waals surface area contributed by atoms with Crippen molar-refractivity contribution in [2.24, 2.45) is 0 Å². The van der Waals surface area contributed by atoms with Gasteiger partial charge >= 0.3 is 0 Å². The molecule has 4 unspecified atom stereocenters. The second-order valence-corrected chi connectivity index (χ2v) is 3.24. The molecule has 5 nitrogen and oxygen atoms in total. The van der Waals surface area contributed by atoms with E-state index in [0.717, 1.165) is 0 Å². The first-order valence-corrected chi connectivity index (χ1v) is 3.93. The normalized spacial score (nSPS) is 24.4. The molecule has 1 heterocycles. The van der Waals surface area contributed by atoms with E-state index in [1.165, 1.54) is 0 Å². The molecule has 22 heavy (non-hydrogen) atoms. The number of likely N-dealkylation sites (tertiary alicyclic amines) is 1. The van der Waals surface area contributed by atoms with Gasteiger partial charge in [0.15, 0.2) is 0 Å². The van der Waals surface area contributed by atoms with Crippen molar-refractivity contribution in [3.8, 4) is 0 Å². The summed E-state index contributed by atoms with van der Waals surface area (Å²) < 4.78 is 0. The molecule has 132 valence electrons. The Morgan fingerprint density at radius 3 is 1.32 bits per heavy atom. The van der Waals surface area contributed by atoms with Gasteiger partial charge in [0.2, 0.25) is 0 Å². The fourth-order valence-electron chi connectivity index (χ4n) is 1.50. The van der Waals surface area contributed by atoms with E-state index in [9.17, 15) is 15.3 Å². The third kappa shape index (κ3) is 21.4. The number of rotatable bonds is 1. The first kappa shape index (κ1) is 63.0. The van der Waals surface area contributed by atoms with Crippen LogP contribution >= 0.6 is 0 Å². The van der Waals surface area contributed by atoms with Gasteiger partial charge in [0, 0.05) is 217 Å². The van der Waals surface area contributed by atoms with E-state index in [1.54, 1.807) is 11.9 Å². The minimum absolute atomic E-state index is 0. The predicted molar refractivity (Wildman–Crippen MR) is 41.5 cm³/mol. The van der Waals surface area contributed by atoms with E-state index >= 15 is 0 Å². The van der Waals surface area contributed by atoms with Gasteiger partial charge in [0.1, 0.15) is 12.2 Å². The van der Waals surface area contributed by atoms with Gasteiger partial charge < -0.3 is 20.4 Å². The van der Waals surface area contributed by atoms with E-state index < -0.39 is 24.4 Å². The first-order chi connectivity index (χ1) is 5.57. The Hall–Kier alpha value is 6.68. The Kier molecular flexibility index (Phi) is 101. The van der Waals surface area contributed by atoms with Crippen molar-refractivity contribution in [2.75, 3.05) is 20.2 Å². The first-order valence-electron chi connectivity index (χ1n) is 3.93. The van der Waals surface area contributed by atoms with Crippen LogP contribution < -0.4 is 0 Å². The zero-order chi connectivity index (χ0) is 9.30.